The molecule has 0 aliphatic heterocycles. The molecule has 2 atom stereocenters. The van der Waals surface area contributed by atoms with Crippen LogP contribution in [0.3, 0.4) is 0 Å². The number of hydrogen-bond acceptors (Lipinski definition) is 2. The minimum Gasteiger partial charge on any atom is -0.330 e. The molecule has 0 bridgehead atoms. The second-order valence-corrected chi connectivity index (χ2v) is 5.18. The minimum absolute atomic E-state index is 0.0460. The van der Waals surface area contributed by atoms with Crippen molar-refractivity contribution in [2.75, 3.05) is 0 Å². The van der Waals surface area contributed by atoms with Gasteiger partial charge in [-0.2, -0.15) is 0 Å². The predicted molar refractivity (Wildman–Crippen MR) is 72.3 cm³/mol. The van der Waals surface area contributed by atoms with E-state index in [2.05, 4.69) is 33.8 Å². The van der Waals surface area contributed by atoms with Gasteiger partial charge in [-0.05, 0) is 37.3 Å². The molecule has 3 heteroatoms. The highest BCUT2D eigenvalue weighted by Gasteiger charge is 2.21. The standard InChI is InChI=1S/C15H19N3/c1-11(16)15-9-17-10-18(15)14-7-6-12-4-2-3-5-13(12)8-14/h2-5,9-11,14H,6-8,16H2,1H3. The molecule has 0 radical (unpaired) electrons. The average molecular weight is 241 g/mol. The summed E-state index contributed by atoms with van der Waals surface area (Å²) in [7, 11) is 0. The van der Waals surface area contributed by atoms with E-state index in [0.29, 0.717) is 6.04 Å². The lowest BCUT2D eigenvalue weighted by Crippen LogP contribution is -2.22. The Morgan fingerprint density at radius 3 is 2.89 bits per heavy atom. The van der Waals surface area contributed by atoms with Crippen molar-refractivity contribution in [2.24, 2.45) is 5.73 Å². The summed E-state index contributed by atoms with van der Waals surface area (Å²) in [5.41, 5.74) is 10.1. The van der Waals surface area contributed by atoms with Crippen LogP contribution in [0.5, 0.6) is 0 Å². The lowest BCUT2D eigenvalue weighted by atomic mass is 9.88. The van der Waals surface area contributed by atoms with Gasteiger partial charge in [0.15, 0.2) is 0 Å². The Kier molecular flexibility index (Phi) is 2.92. The summed E-state index contributed by atoms with van der Waals surface area (Å²) in [5, 5.41) is 0. The predicted octanol–water partition coefficient (Wildman–Crippen LogP) is 2.63. The van der Waals surface area contributed by atoms with Crippen LogP contribution in [-0.2, 0) is 12.8 Å². The third-order valence-corrected chi connectivity index (χ3v) is 3.88. The molecule has 0 saturated carbocycles. The molecule has 0 saturated heterocycles. The Morgan fingerprint density at radius 2 is 2.11 bits per heavy atom. The summed E-state index contributed by atoms with van der Waals surface area (Å²) in [6.45, 7) is 2.02. The highest BCUT2D eigenvalue weighted by atomic mass is 15.1. The van der Waals surface area contributed by atoms with Crippen molar-refractivity contribution in [3.63, 3.8) is 0 Å². The van der Waals surface area contributed by atoms with Crippen molar-refractivity contribution >= 4 is 0 Å². The summed E-state index contributed by atoms with van der Waals surface area (Å²) in [6.07, 6.45) is 7.24. The van der Waals surface area contributed by atoms with E-state index >= 15 is 0 Å². The van der Waals surface area contributed by atoms with Crippen molar-refractivity contribution in [3.8, 4) is 0 Å². The van der Waals surface area contributed by atoms with Gasteiger partial charge in [-0.25, -0.2) is 4.98 Å². The molecule has 3 nitrogen and oxygen atoms in total. The largest absolute Gasteiger partial charge is 0.330 e. The minimum atomic E-state index is 0.0460. The molecule has 0 amide bonds. The van der Waals surface area contributed by atoms with E-state index in [4.69, 9.17) is 5.73 Å². The van der Waals surface area contributed by atoms with Gasteiger partial charge in [-0.3, -0.25) is 0 Å². The van der Waals surface area contributed by atoms with Crippen LogP contribution in [0.15, 0.2) is 36.8 Å². The van der Waals surface area contributed by atoms with E-state index in [-0.39, 0.29) is 6.04 Å². The van der Waals surface area contributed by atoms with Gasteiger partial charge in [0.2, 0.25) is 0 Å². The summed E-state index contributed by atoms with van der Waals surface area (Å²) in [4.78, 5) is 4.26. The maximum atomic E-state index is 6.00. The molecule has 2 unspecified atom stereocenters. The monoisotopic (exact) mass is 241 g/mol. The van der Waals surface area contributed by atoms with Crippen LogP contribution in [0.1, 0.15) is 42.2 Å². The van der Waals surface area contributed by atoms with Crippen LogP contribution < -0.4 is 5.73 Å². The van der Waals surface area contributed by atoms with Gasteiger partial charge in [-0.1, -0.05) is 24.3 Å². The van der Waals surface area contributed by atoms with Gasteiger partial charge in [0.25, 0.3) is 0 Å². The van der Waals surface area contributed by atoms with Crippen LogP contribution in [0, 0.1) is 0 Å². The fourth-order valence-electron chi connectivity index (χ4n) is 2.89. The first-order valence-corrected chi connectivity index (χ1v) is 6.60. The smallest absolute Gasteiger partial charge is 0.0951 e. The normalized spacial score (nSPS) is 20.4. The third-order valence-electron chi connectivity index (χ3n) is 3.88. The molecule has 0 spiro atoms. The molecule has 1 aromatic heterocycles. The number of fused-ring (bicyclic) bond motifs is 1. The first kappa shape index (κ1) is 11.5. The van der Waals surface area contributed by atoms with E-state index < -0.39 is 0 Å². The number of benzene rings is 1. The van der Waals surface area contributed by atoms with Crippen LogP contribution in [0.25, 0.3) is 0 Å². The lowest BCUT2D eigenvalue weighted by Gasteiger charge is -2.27. The van der Waals surface area contributed by atoms with Crippen LogP contribution in [0.2, 0.25) is 0 Å². The number of aromatic nitrogens is 2. The van der Waals surface area contributed by atoms with E-state index in [1.165, 1.54) is 17.5 Å². The van der Waals surface area contributed by atoms with Crippen molar-refractivity contribution in [2.45, 2.75) is 38.3 Å². The molecule has 2 aromatic rings. The first-order valence-electron chi connectivity index (χ1n) is 6.60. The second kappa shape index (κ2) is 4.58. The van der Waals surface area contributed by atoms with E-state index in [0.717, 1.165) is 18.5 Å². The fraction of sp³-hybridized carbons (Fsp3) is 0.400. The zero-order valence-corrected chi connectivity index (χ0v) is 10.7. The molecule has 3 rings (SSSR count). The number of rotatable bonds is 2. The fourth-order valence-corrected chi connectivity index (χ4v) is 2.89. The number of nitrogens with zero attached hydrogens (tertiary/aromatic N) is 2. The maximum absolute atomic E-state index is 6.00. The molecule has 1 heterocycles. The Bertz CT molecular complexity index is 542. The van der Waals surface area contributed by atoms with Gasteiger partial charge >= 0.3 is 0 Å². The van der Waals surface area contributed by atoms with E-state index in [9.17, 15) is 0 Å². The van der Waals surface area contributed by atoms with E-state index in [1.54, 1.807) is 0 Å². The number of nitrogens with two attached hydrogens (primary N) is 1. The van der Waals surface area contributed by atoms with Crippen molar-refractivity contribution in [1.29, 1.82) is 0 Å². The van der Waals surface area contributed by atoms with Gasteiger partial charge < -0.3 is 10.3 Å². The van der Waals surface area contributed by atoms with Crippen LogP contribution in [0.4, 0.5) is 0 Å². The summed E-state index contributed by atoms with van der Waals surface area (Å²) < 4.78 is 2.26. The topological polar surface area (TPSA) is 43.8 Å². The Balaban J connectivity index is 1.90. The Hall–Kier alpha value is -1.61. The molecule has 0 fully saturated rings. The molecule has 2 N–H and O–H groups in total. The first-order chi connectivity index (χ1) is 8.75. The van der Waals surface area contributed by atoms with Crippen molar-refractivity contribution in [1.82, 2.24) is 9.55 Å². The highest BCUT2D eigenvalue weighted by Crippen LogP contribution is 2.30. The Morgan fingerprint density at radius 1 is 1.33 bits per heavy atom. The number of hydrogen-bond donors (Lipinski definition) is 1. The van der Waals surface area contributed by atoms with Gasteiger partial charge in [-0.15, -0.1) is 0 Å². The maximum Gasteiger partial charge on any atom is 0.0951 e. The summed E-state index contributed by atoms with van der Waals surface area (Å²) in [5.74, 6) is 0. The quantitative estimate of drug-likeness (QED) is 0.878. The molecular formula is C15H19N3. The lowest BCUT2D eigenvalue weighted by molar-refractivity contribution is 0.424. The van der Waals surface area contributed by atoms with Gasteiger partial charge in [0.05, 0.1) is 12.0 Å². The van der Waals surface area contributed by atoms with Crippen LogP contribution in [-0.4, -0.2) is 9.55 Å². The highest BCUT2D eigenvalue weighted by molar-refractivity contribution is 5.30. The SMILES string of the molecule is CC(N)c1cncn1C1CCc2ccccc2C1. The summed E-state index contributed by atoms with van der Waals surface area (Å²) in [6, 6.07) is 9.29. The third kappa shape index (κ3) is 1.95. The van der Waals surface area contributed by atoms with Crippen LogP contribution >= 0.6 is 0 Å². The molecular weight excluding hydrogens is 222 g/mol. The molecule has 1 aromatic carbocycles. The Labute approximate surface area is 108 Å². The number of aryl methyl sites for hydroxylation is 1. The number of imidazole rings is 1. The summed E-state index contributed by atoms with van der Waals surface area (Å²) >= 11 is 0. The molecule has 1 aliphatic carbocycles. The van der Waals surface area contributed by atoms with E-state index in [1.807, 2.05) is 19.4 Å². The molecule has 18 heavy (non-hydrogen) atoms. The van der Waals surface area contributed by atoms with Crippen molar-refractivity contribution < 1.29 is 0 Å². The van der Waals surface area contributed by atoms with Gasteiger partial charge in [0.1, 0.15) is 0 Å². The molecule has 1 aliphatic rings. The molecule has 94 valence electrons. The second-order valence-electron chi connectivity index (χ2n) is 5.18. The zero-order valence-electron chi connectivity index (χ0n) is 10.7. The average Bonchev–Trinajstić information content (AvgIpc) is 2.87. The van der Waals surface area contributed by atoms with Gasteiger partial charge in [0, 0.05) is 18.3 Å². The zero-order chi connectivity index (χ0) is 12.5. The van der Waals surface area contributed by atoms with Crippen molar-refractivity contribution in [3.05, 3.63) is 53.6 Å².